The Morgan fingerprint density at radius 1 is 1.48 bits per heavy atom. The van der Waals surface area contributed by atoms with Gasteiger partial charge in [0.1, 0.15) is 18.1 Å². The molecule has 1 fully saturated rings. The fourth-order valence-electron chi connectivity index (χ4n) is 3.70. The molecule has 7 nitrogen and oxygen atoms in total. The fraction of sp³-hybridized carbons (Fsp3) is 0.444. The number of likely N-dealkylation sites (tertiary alicyclic amines) is 1. The molecular formula is C18H20N6O. The van der Waals surface area contributed by atoms with Crippen molar-refractivity contribution in [2.45, 2.75) is 25.8 Å². The van der Waals surface area contributed by atoms with Crippen LogP contribution in [-0.4, -0.2) is 47.0 Å². The first-order valence-corrected chi connectivity index (χ1v) is 8.34. The van der Waals surface area contributed by atoms with E-state index in [1.165, 1.54) is 0 Å². The second-order valence-corrected chi connectivity index (χ2v) is 6.35. The van der Waals surface area contributed by atoms with Crippen molar-refractivity contribution in [1.82, 2.24) is 14.9 Å². The smallest absolute Gasteiger partial charge is 0.236 e. The van der Waals surface area contributed by atoms with Crippen LogP contribution in [0.4, 0.5) is 5.69 Å². The van der Waals surface area contributed by atoms with E-state index in [1.54, 1.807) is 11.1 Å². The van der Waals surface area contributed by atoms with Crippen LogP contribution in [0.3, 0.4) is 0 Å². The van der Waals surface area contributed by atoms with Crippen LogP contribution in [0.25, 0.3) is 11.0 Å². The van der Waals surface area contributed by atoms with Gasteiger partial charge >= 0.3 is 0 Å². The zero-order chi connectivity index (χ0) is 18.0. The number of nitrogens with zero attached hydrogens (tertiary/aromatic N) is 5. The van der Waals surface area contributed by atoms with E-state index in [0.717, 1.165) is 23.1 Å². The van der Waals surface area contributed by atoms with E-state index in [9.17, 15) is 10.1 Å². The number of pyridine rings is 1. The number of likely N-dealkylation sites (N-methyl/N-ethyl adjacent to an activating group) is 1. The zero-order valence-corrected chi connectivity index (χ0v) is 14.4. The van der Waals surface area contributed by atoms with Gasteiger partial charge < -0.3 is 14.8 Å². The summed E-state index contributed by atoms with van der Waals surface area (Å²) in [6, 6.07) is 6.18. The minimum absolute atomic E-state index is 0.0897. The van der Waals surface area contributed by atoms with E-state index in [4.69, 9.17) is 5.26 Å². The lowest BCUT2D eigenvalue weighted by Crippen LogP contribution is -2.39. The van der Waals surface area contributed by atoms with E-state index in [2.05, 4.69) is 27.9 Å². The Balaban J connectivity index is 1.96. The molecule has 0 spiro atoms. The second-order valence-electron chi connectivity index (χ2n) is 6.35. The molecule has 3 rings (SSSR count). The molecule has 128 valence electrons. The average Bonchev–Trinajstić information content (AvgIpc) is 3.26. The van der Waals surface area contributed by atoms with Crippen molar-refractivity contribution >= 4 is 22.6 Å². The molecule has 3 heterocycles. The van der Waals surface area contributed by atoms with Gasteiger partial charge in [0, 0.05) is 37.9 Å². The van der Waals surface area contributed by atoms with Crippen LogP contribution in [0.1, 0.15) is 25.3 Å². The van der Waals surface area contributed by atoms with Gasteiger partial charge in [0.25, 0.3) is 0 Å². The molecule has 7 heteroatoms. The average molecular weight is 336 g/mol. The standard InChI is InChI=1S/C18H20N6O/c1-3-12-10-24(16(25)4-6-19)11-15(12)23(2)17-13(8-20)9-22-18-14(17)5-7-21-18/h5,7,9,12,15H,3-4,10-11H2,1-2H3,(H,21,22)/t12-,15+/m1/s1. The summed E-state index contributed by atoms with van der Waals surface area (Å²) in [5.74, 6) is 0.167. The van der Waals surface area contributed by atoms with Gasteiger partial charge in [-0.1, -0.05) is 6.92 Å². The monoisotopic (exact) mass is 336 g/mol. The van der Waals surface area contributed by atoms with Crippen LogP contribution < -0.4 is 4.90 Å². The molecule has 2 atom stereocenters. The van der Waals surface area contributed by atoms with Crippen molar-refractivity contribution in [3.8, 4) is 12.1 Å². The van der Waals surface area contributed by atoms with Crippen LogP contribution in [-0.2, 0) is 4.79 Å². The van der Waals surface area contributed by atoms with Crippen molar-refractivity contribution in [3.05, 3.63) is 24.0 Å². The van der Waals surface area contributed by atoms with Crippen molar-refractivity contribution in [3.63, 3.8) is 0 Å². The highest BCUT2D eigenvalue weighted by molar-refractivity contribution is 5.93. The Bertz CT molecular complexity index is 874. The normalized spacial score (nSPS) is 19.6. The van der Waals surface area contributed by atoms with Gasteiger partial charge in [-0.2, -0.15) is 10.5 Å². The van der Waals surface area contributed by atoms with Gasteiger partial charge in [0.05, 0.1) is 23.4 Å². The predicted molar refractivity (Wildman–Crippen MR) is 93.6 cm³/mol. The minimum Gasteiger partial charge on any atom is -0.368 e. The molecule has 1 N–H and O–H groups in total. The van der Waals surface area contributed by atoms with Crippen LogP contribution >= 0.6 is 0 Å². The van der Waals surface area contributed by atoms with Gasteiger partial charge in [-0.25, -0.2) is 4.98 Å². The summed E-state index contributed by atoms with van der Waals surface area (Å²) in [6.07, 6.45) is 4.23. The molecule has 1 saturated heterocycles. The fourth-order valence-corrected chi connectivity index (χ4v) is 3.70. The van der Waals surface area contributed by atoms with Crippen LogP contribution in [0.5, 0.6) is 0 Å². The second kappa shape index (κ2) is 6.82. The molecule has 1 amide bonds. The number of aromatic nitrogens is 2. The molecule has 0 radical (unpaired) electrons. The number of H-pyrrole nitrogens is 1. The number of aromatic amines is 1. The maximum Gasteiger partial charge on any atom is 0.236 e. The Labute approximate surface area is 146 Å². The zero-order valence-electron chi connectivity index (χ0n) is 14.4. The molecular weight excluding hydrogens is 316 g/mol. The molecule has 0 unspecified atom stereocenters. The Morgan fingerprint density at radius 3 is 2.96 bits per heavy atom. The number of hydrogen-bond acceptors (Lipinski definition) is 5. The van der Waals surface area contributed by atoms with Gasteiger partial charge in [0.15, 0.2) is 0 Å². The van der Waals surface area contributed by atoms with Crippen molar-refractivity contribution in [2.75, 3.05) is 25.0 Å². The number of rotatable bonds is 4. The molecule has 0 saturated carbocycles. The van der Waals surface area contributed by atoms with Gasteiger partial charge in [0.2, 0.25) is 5.91 Å². The molecule has 0 aliphatic carbocycles. The summed E-state index contributed by atoms with van der Waals surface area (Å²) in [6.45, 7) is 3.32. The summed E-state index contributed by atoms with van der Waals surface area (Å²) < 4.78 is 0. The number of amides is 1. The lowest BCUT2D eigenvalue weighted by atomic mass is 9.98. The first-order chi connectivity index (χ1) is 12.1. The maximum absolute atomic E-state index is 12.1. The first kappa shape index (κ1) is 16.8. The molecule has 2 aromatic rings. The largest absolute Gasteiger partial charge is 0.368 e. The van der Waals surface area contributed by atoms with Crippen molar-refractivity contribution in [1.29, 1.82) is 10.5 Å². The van der Waals surface area contributed by atoms with Crippen LogP contribution in [0.2, 0.25) is 0 Å². The van der Waals surface area contributed by atoms with Gasteiger partial charge in [-0.3, -0.25) is 4.79 Å². The predicted octanol–water partition coefficient (Wildman–Crippen LogP) is 2.02. The SMILES string of the molecule is CC[C@@H]1CN(C(=O)CC#N)C[C@@H]1N(C)c1c(C#N)cnc2[nH]ccc12. The van der Waals surface area contributed by atoms with E-state index in [0.29, 0.717) is 24.6 Å². The lowest BCUT2D eigenvalue weighted by molar-refractivity contribution is -0.129. The third-order valence-electron chi connectivity index (χ3n) is 5.04. The number of carbonyl (C=O) groups is 1. The molecule has 2 aromatic heterocycles. The van der Waals surface area contributed by atoms with Crippen LogP contribution in [0, 0.1) is 28.6 Å². The van der Waals surface area contributed by atoms with Gasteiger partial charge in [-0.15, -0.1) is 0 Å². The molecule has 0 aromatic carbocycles. The Kier molecular flexibility index (Phi) is 4.58. The number of nitrogens with one attached hydrogen (secondary N) is 1. The maximum atomic E-state index is 12.1. The molecule has 1 aliphatic rings. The first-order valence-electron chi connectivity index (χ1n) is 8.34. The summed E-state index contributed by atoms with van der Waals surface area (Å²) in [7, 11) is 1.97. The Morgan fingerprint density at radius 2 is 2.28 bits per heavy atom. The van der Waals surface area contributed by atoms with Crippen LogP contribution in [0.15, 0.2) is 18.5 Å². The lowest BCUT2D eigenvalue weighted by Gasteiger charge is -2.31. The highest BCUT2D eigenvalue weighted by Gasteiger charge is 2.37. The summed E-state index contributed by atoms with van der Waals surface area (Å²) in [4.78, 5) is 23.3. The summed E-state index contributed by atoms with van der Waals surface area (Å²) in [5, 5.41) is 19.2. The molecule has 25 heavy (non-hydrogen) atoms. The Hall–Kier alpha value is -3.06. The van der Waals surface area contributed by atoms with E-state index < -0.39 is 0 Å². The molecule has 0 bridgehead atoms. The number of anilines is 1. The topological polar surface area (TPSA) is 99.8 Å². The third-order valence-corrected chi connectivity index (χ3v) is 5.04. The highest BCUT2D eigenvalue weighted by Crippen LogP contribution is 2.34. The summed E-state index contributed by atoms with van der Waals surface area (Å²) in [5.41, 5.74) is 2.10. The van der Waals surface area contributed by atoms with Gasteiger partial charge in [-0.05, 0) is 18.4 Å². The van der Waals surface area contributed by atoms with E-state index in [1.807, 2.05) is 25.4 Å². The van der Waals surface area contributed by atoms with Crippen molar-refractivity contribution in [2.24, 2.45) is 5.92 Å². The molecule has 1 aliphatic heterocycles. The number of hydrogen-bond donors (Lipinski definition) is 1. The highest BCUT2D eigenvalue weighted by atomic mass is 16.2. The number of fused-ring (bicyclic) bond motifs is 1. The minimum atomic E-state index is -0.126. The van der Waals surface area contributed by atoms with E-state index >= 15 is 0 Å². The van der Waals surface area contributed by atoms with Crippen molar-refractivity contribution < 1.29 is 4.79 Å². The van der Waals surface area contributed by atoms with E-state index in [-0.39, 0.29) is 18.4 Å². The summed E-state index contributed by atoms with van der Waals surface area (Å²) >= 11 is 0. The quantitative estimate of drug-likeness (QED) is 0.920. The number of carbonyl (C=O) groups excluding carboxylic acids is 1. The third kappa shape index (κ3) is 2.89. The number of nitriles is 2.